The monoisotopic (exact) mass is 396 g/mol. The Morgan fingerprint density at radius 2 is 1.85 bits per heavy atom. The molecule has 2 N–H and O–H groups in total. The van der Waals surface area contributed by atoms with Gasteiger partial charge < -0.3 is 10.1 Å². The molecule has 0 saturated carbocycles. The first-order valence-corrected chi connectivity index (χ1v) is 10.3. The lowest BCUT2D eigenvalue weighted by atomic mass is 10.2. The normalized spacial score (nSPS) is 17.3. The predicted molar refractivity (Wildman–Crippen MR) is 97.5 cm³/mol. The van der Waals surface area contributed by atoms with E-state index in [1.165, 1.54) is 12.1 Å². The highest BCUT2D eigenvalue weighted by Gasteiger charge is 2.20. The van der Waals surface area contributed by atoms with Crippen molar-refractivity contribution in [1.82, 2.24) is 10.0 Å². The summed E-state index contributed by atoms with van der Waals surface area (Å²) in [5.74, 6) is -0.957. The quantitative estimate of drug-likeness (QED) is 0.720. The molecule has 2 aromatic rings. The Morgan fingerprint density at radius 3 is 2.56 bits per heavy atom. The predicted octanol–water partition coefficient (Wildman–Crippen LogP) is 2.71. The van der Waals surface area contributed by atoms with Gasteiger partial charge in [0, 0.05) is 31.8 Å². The molecule has 1 atom stereocenters. The summed E-state index contributed by atoms with van der Waals surface area (Å²) in [5.41, 5.74) is 1.08. The van der Waals surface area contributed by atoms with Gasteiger partial charge in [0.25, 0.3) is 0 Å². The first-order chi connectivity index (χ1) is 12.9. The van der Waals surface area contributed by atoms with E-state index >= 15 is 0 Å². The van der Waals surface area contributed by atoms with Gasteiger partial charge in [0.15, 0.2) is 0 Å². The lowest BCUT2D eigenvalue weighted by Gasteiger charge is -2.12. The molecule has 0 bridgehead atoms. The lowest BCUT2D eigenvalue weighted by Crippen LogP contribution is -2.31. The van der Waals surface area contributed by atoms with Gasteiger partial charge in [-0.15, -0.1) is 0 Å². The van der Waals surface area contributed by atoms with Crippen molar-refractivity contribution in [2.75, 3.05) is 13.2 Å². The third-order valence-electron chi connectivity index (χ3n) is 4.41. The largest absolute Gasteiger partial charge is 0.377 e. The Morgan fingerprint density at radius 1 is 1.07 bits per heavy atom. The highest BCUT2D eigenvalue weighted by atomic mass is 32.2. The number of hydrogen-bond donors (Lipinski definition) is 2. The van der Waals surface area contributed by atoms with Crippen molar-refractivity contribution in [3.05, 3.63) is 65.2 Å². The molecule has 8 heteroatoms. The maximum absolute atomic E-state index is 13.6. The second kappa shape index (κ2) is 8.88. The van der Waals surface area contributed by atoms with Crippen molar-refractivity contribution in [3.8, 4) is 0 Å². The number of hydrogen-bond acceptors (Lipinski definition) is 4. The SMILES string of the molecule is O=S(=O)(NCC1CCCO1)c1ccc(CNCc2cc(F)ccc2F)cc1. The Balaban J connectivity index is 1.52. The molecule has 1 unspecified atom stereocenters. The van der Waals surface area contributed by atoms with Crippen LogP contribution in [0.3, 0.4) is 0 Å². The van der Waals surface area contributed by atoms with Crippen LogP contribution in [0.1, 0.15) is 24.0 Å². The zero-order chi connectivity index (χ0) is 19.3. The van der Waals surface area contributed by atoms with Gasteiger partial charge in [-0.3, -0.25) is 0 Å². The maximum Gasteiger partial charge on any atom is 0.240 e. The van der Waals surface area contributed by atoms with Crippen LogP contribution in [0, 0.1) is 11.6 Å². The van der Waals surface area contributed by atoms with Crippen LogP contribution in [0.2, 0.25) is 0 Å². The van der Waals surface area contributed by atoms with Crippen molar-refractivity contribution >= 4 is 10.0 Å². The van der Waals surface area contributed by atoms with Crippen molar-refractivity contribution in [2.24, 2.45) is 0 Å². The van der Waals surface area contributed by atoms with Crippen LogP contribution >= 0.6 is 0 Å². The molecule has 5 nitrogen and oxygen atoms in total. The number of rotatable bonds is 8. The molecular weight excluding hydrogens is 374 g/mol. The molecule has 0 aromatic heterocycles. The molecule has 0 radical (unpaired) electrons. The summed E-state index contributed by atoms with van der Waals surface area (Å²) in [7, 11) is -3.58. The van der Waals surface area contributed by atoms with Crippen molar-refractivity contribution in [2.45, 2.75) is 36.9 Å². The number of nitrogens with one attached hydrogen (secondary N) is 2. The summed E-state index contributed by atoms with van der Waals surface area (Å²) in [6.07, 6.45) is 1.75. The van der Waals surface area contributed by atoms with Crippen LogP contribution in [-0.4, -0.2) is 27.7 Å². The molecule has 2 aromatic carbocycles. The molecule has 1 aliphatic rings. The summed E-state index contributed by atoms with van der Waals surface area (Å²) in [6, 6.07) is 9.75. The fraction of sp³-hybridized carbons (Fsp3) is 0.368. The fourth-order valence-electron chi connectivity index (χ4n) is 2.90. The maximum atomic E-state index is 13.6. The zero-order valence-electron chi connectivity index (χ0n) is 14.8. The molecule has 3 rings (SSSR count). The third-order valence-corrected chi connectivity index (χ3v) is 5.85. The average Bonchev–Trinajstić information content (AvgIpc) is 3.17. The number of halogens is 2. The minimum absolute atomic E-state index is 0.0635. The second-order valence-electron chi connectivity index (χ2n) is 6.47. The highest BCUT2D eigenvalue weighted by Crippen LogP contribution is 2.14. The van der Waals surface area contributed by atoms with Crippen LogP contribution in [0.15, 0.2) is 47.4 Å². The Bertz CT molecular complexity index is 867. The van der Waals surface area contributed by atoms with E-state index in [1.54, 1.807) is 12.1 Å². The zero-order valence-corrected chi connectivity index (χ0v) is 15.6. The lowest BCUT2D eigenvalue weighted by molar-refractivity contribution is 0.114. The minimum atomic E-state index is -3.58. The van der Waals surface area contributed by atoms with Gasteiger partial charge in [-0.1, -0.05) is 12.1 Å². The molecule has 0 amide bonds. The number of sulfonamides is 1. The summed E-state index contributed by atoms with van der Waals surface area (Å²) < 4.78 is 59.3. The van der Waals surface area contributed by atoms with Gasteiger partial charge in [-0.25, -0.2) is 21.9 Å². The third kappa shape index (κ3) is 5.55. The van der Waals surface area contributed by atoms with E-state index in [-0.39, 0.29) is 29.7 Å². The first kappa shape index (κ1) is 19.9. The molecule has 146 valence electrons. The molecule has 1 heterocycles. The highest BCUT2D eigenvalue weighted by molar-refractivity contribution is 7.89. The molecule has 0 spiro atoms. The van der Waals surface area contributed by atoms with Crippen LogP contribution in [0.4, 0.5) is 8.78 Å². The number of benzene rings is 2. The van der Waals surface area contributed by atoms with Gasteiger partial charge in [-0.05, 0) is 48.7 Å². The second-order valence-corrected chi connectivity index (χ2v) is 8.24. The van der Waals surface area contributed by atoms with Gasteiger partial charge in [0.1, 0.15) is 11.6 Å². The summed E-state index contributed by atoms with van der Waals surface area (Å²) in [5, 5.41) is 3.02. The van der Waals surface area contributed by atoms with E-state index in [0.29, 0.717) is 13.2 Å². The minimum Gasteiger partial charge on any atom is -0.377 e. The fourth-order valence-corrected chi connectivity index (χ4v) is 3.96. The smallest absolute Gasteiger partial charge is 0.240 e. The Kier molecular flexibility index (Phi) is 6.54. The Labute approximate surface area is 157 Å². The molecular formula is C19H22F2N2O3S. The van der Waals surface area contributed by atoms with Gasteiger partial charge in [0.2, 0.25) is 10.0 Å². The van der Waals surface area contributed by atoms with Crippen LogP contribution < -0.4 is 10.0 Å². The van der Waals surface area contributed by atoms with E-state index in [9.17, 15) is 17.2 Å². The molecule has 1 fully saturated rings. The standard InChI is InChI=1S/C19H22F2N2O3S/c20-16-5-8-19(21)15(10-16)12-22-11-14-3-6-18(7-4-14)27(24,25)23-13-17-2-1-9-26-17/h3-8,10,17,22-23H,1-2,9,11-13H2. The molecule has 1 aliphatic heterocycles. The average molecular weight is 396 g/mol. The molecule has 0 aliphatic carbocycles. The van der Waals surface area contributed by atoms with Gasteiger partial charge >= 0.3 is 0 Å². The van der Waals surface area contributed by atoms with Crippen LogP contribution in [0.5, 0.6) is 0 Å². The van der Waals surface area contributed by atoms with E-state index < -0.39 is 21.7 Å². The Hall–Kier alpha value is -1.87. The summed E-state index contributed by atoms with van der Waals surface area (Å²) in [6.45, 7) is 1.52. The molecule has 27 heavy (non-hydrogen) atoms. The summed E-state index contributed by atoms with van der Waals surface area (Å²) in [4.78, 5) is 0.181. The van der Waals surface area contributed by atoms with Crippen molar-refractivity contribution in [1.29, 1.82) is 0 Å². The van der Waals surface area contributed by atoms with E-state index in [0.717, 1.165) is 36.6 Å². The van der Waals surface area contributed by atoms with Gasteiger partial charge in [-0.2, -0.15) is 0 Å². The van der Waals surface area contributed by atoms with Gasteiger partial charge in [0.05, 0.1) is 11.0 Å². The topological polar surface area (TPSA) is 67.4 Å². The van der Waals surface area contributed by atoms with E-state index in [4.69, 9.17) is 4.74 Å². The summed E-state index contributed by atoms with van der Waals surface area (Å²) >= 11 is 0. The van der Waals surface area contributed by atoms with E-state index in [2.05, 4.69) is 10.0 Å². The van der Waals surface area contributed by atoms with Crippen LogP contribution in [-0.2, 0) is 27.8 Å². The van der Waals surface area contributed by atoms with E-state index in [1.807, 2.05) is 0 Å². The number of ether oxygens (including phenoxy) is 1. The molecule has 1 saturated heterocycles. The van der Waals surface area contributed by atoms with Crippen LogP contribution in [0.25, 0.3) is 0 Å². The van der Waals surface area contributed by atoms with Crippen molar-refractivity contribution < 1.29 is 21.9 Å². The van der Waals surface area contributed by atoms with Crippen molar-refractivity contribution in [3.63, 3.8) is 0 Å². The first-order valence-electron chi connectivity index (χ1n) is 8.79.